The van der Waals surface area contributed by atoms with Gasteiger partial charge in [0.2, 0.25) is 0 Å². The lowest BCUT2D eigenvalue weighted by Crippen LogP contribution is -2.45. The smallest absolute Gasteiger partial charge is 0.497 e. The number of likely N-dealkylation sites (tertiary alicyclic amines) is 1. The van der Waals surface area contributed by atoms with E-state index in [0.29, 0.717) is 12.2 Å². The van der Waals surface area contributed by atoms with E-state index in [0.717, 1.165) is 20.5 Å². The Kier molecular flexibility index (Phi) is 9.35. The van der Waals surface area contributed by atoms with Crippen molar-refractivity contribution in [3.63, 3.8) is 0 Å². The second-order valence-electron chi connectivity index (χ2n) is 12.3. The number of amides is 1. The van der Waals surface area contributed by atoms with E-state index in [1.165, 1.54) is 16.2 Å². The molecule has 0 spiro atoms. The molecule has 10 heteroatoms. The maximum atomic E-state index is 13.4. The van der Waals surface area contributed by atoms with Gasteiger partial charge in [-0.1, -0.05) is 30.3 Å². The zero-order valence-corrected chi connectivity index (χ0v) is 26.0. The van der Waals surface area contributed by atoms with Crippen LogP contribution in [0, 0.1) is 0 Å². The molecule has 1 aliphatic heterocycles. The third-order valence-corrected chi connectivity index (χ3v) is 7.57. The van der Waals surface area contributed by atoms with Gasteiger partial charge in [-0.15, -0.1) is 11.3 Å². The molecule has 1 aliphatic rings. The number of nitrogens with zero attached hydrogens (tertiary/aromatic N) is 1. The number of esters is 1. The van der Waals surface area contributed by atoms with Crippen LogP contribution in [0.2, 0.25) is 0 Å². The Labute approximate surface area is 250 Å². The molecule has 4 rings (SSSR count). The monoisotopic (exact) mass is 597 g/mol. The molecule has 0 saturated carbocycles. The van der Waals surface area contributed by atoms with Gasteiger partial charge in [0.1, 0.15) is 17.0 Å². The van der Waals surface area contributed by atoms with Crippen LogP contribution >= 0.6 is 11.3 Å². The highest BCUT2D eigenvalue weighted by Gasteiger charge is 2.50. The van der Waals surface area contributed by atoms with Gasteiger partial charge in [0, 0.05) is 9.58 Å². The van der Waals surface area contributed by atoms with Gasteiger partial charge in [0.05, 0.1) is 26.1 Å². The number of thiophene rings is 1. The van der Waals surface area contributed by atoms with Gasteiger partial charge in [-0.05, 0) is 83.2 Å². The highest BCUT2D eigenvalue weighted by atomic mass is 32.1. The third-order valence-electron chi connectivity index (χ3n) is 6.45. The molecular weight excluding hydrogens is 558 g/mol. The van der Waals surface area contributed by atoms with Gasteiger partial charge < -0.3 is 23.7 Å². The van der Waals surface area contributed by atoms with Crippen molar-refractivity contribution in [1.82, 2.24) is 4.90 Å². The van der Waals surface area contributed by atoms with E-state index in [2.05, 4.69) is 0 Å². The summed E-state index contributed by atoms with van der Waals surface area (Å²) in [6.45, 7) is 10.5. The fraction of sp³-hybridized carbons (Fsp3) is 0.469. The molecule has 1 aromatic heterocycles. The van der Waals surface area contributed by atoms with Crippen LogP contribution in [0.25, 0.3) is 10.1 Å². The van der Waals surface area contributed by atoms with E-state index in [9.17, 15) is 14.4 Å². The topological polar surface area (TPSA) is 101 Å². The molecule has 1 saturated heterocycles. The molecule has 3 atom stereocenters. The molecule has 0 unspecified atom stereocenters. The van der Waals surface area contributed by atoms with Crippen LogP contribution in [-0.2, 0) is 36.6 Å². The molecule has 1 fully saturated rings. The van der Waals surface area contributed by atoms with Gasteiger partial charge >= 0.3 is 18.2 Å². The minimum absolute atomic E-state index is 0.0319. The largest absolute Gasteiger partial charge is 0.509 e. The van der Waals surface area contributed by atoms with Crippen molar-refractivity contribution in [2.45, 2.75) is 83.8 Å². The van der Waals surface area contributed by atoms with Gasteiger partial charge in [-0.25, -0.2) is 9.59 Å². The van der Waals surface area contributed by atoms with Crippen LogP contribution < -0.4 is 4.74 Å². The summed E-state index contributed by atoms with van der Waals surface area (Å²) in [5, 5.41) is 1.05. The number of carbonyl (C=O) groups is 3. The van der Waals surface area contributed by atoms with E-state index in [-0.39, 0.29) is 13.0 Å². The number of methoxy groups -OCH3 is 1. The van der Waals surface area contributed by atoms with Crippen LogP contribution in [0.15, 0.2) is 54.6 Å². The van der Waals surface area contributed by atoms with E-state index < -0.39 is 47.7 Å². The minimum atomic E-state index is -0.970. The minimum Gasteiger partial charge on any atom is -0.497 e. The van der Waals surface area contributed by atoms with Gasteiger partial charge in [-0.2, -0.15) is 0 Å². The summed E-state index contributed by atoms with van der Waals surface area (Å²) in [4.78, 5) is 41.8. The number of ether oxygens (including phenoxy) is 5. The van der Waals surface area contributed by atoms with Crippen LogP contribution in [0.4, 0.5) is 9.59 Å². The number of hydrogen-bond donors (Lipinski definition) is 0. The second-order valence-corrected chi connectivity index (χ2v) is 13.4. The second kappa shape index (κ2) is 12.6. The summed E-state index contributed by atoms with van der Waals surface area (Å²) >= 11 is 1.52. The SMILES string of the molecule is COc1ccc(C[C@@H]2[C@H](OC(=O)Cc3cc4ccccc4s3)[C@@H](OC(=O)OC(C)(C)C)CN2C(=O)OC(C)(C)C)cc1. The first-order chi connectivity index (χ1) is 19.7. The molecular formula is C32H39NO8S. The molecule has 42 heavy (non-hydrogen) atoms. The lowest BCUT2D eigenvalue weighted by molar-refractivity contribution is -0.155. The fourth-order valence-corrected chi connectivity index (χ4v) is 5.78. The first kappa shape index (κ1) is 31.2. The number of hydrogen-bond acceptors (Lipinski definition) is 9. The van der Waals surface area contributed by atoms with E-state index in [1.54, 1.807) is 48.7 Å². The van der Waals surface area contributed by atoms with Crippen molar-refractivity contribution >= 4 is 39.6 Å². The molecule has 1 amide bonds. The third kappa shape index (κ3) is 8.38. The van der Waals surface area contributed by atoms with E-state index in [1.807, 2.05) is 54.6 Å². The number of fused-ring (bicyclic) bond motifs is 1. The Hall–Kier alpha value is -3.79. The first-order valence-electron chi connectivity index (χ1n) is 13.9. The van der Waals surface area contributed by atoms with Gasteiger partial charge in [0.15, 0.2) is 12.2 Å². The summed E-state index contributed by atoms with van der Waals surface area (Å²) in [5.41, 5.74) is -0.687. The normalized spacial score (nSPS) is 18.9. The standard InChI is InChI=1S/C32H39NO8S/c1-31(2,3)40-29(35)33-19-25(38-30(36)41-32(4,5)6)28(24(33)16-20-12-14-22(37-7)15-13-20)39-27(34)18-23-17-21-10-8-9-11-26(21)42-23/h8-15,17,24-25,28H,16,18-19H2,1-7H3/t24-,25+,28+/m1/s1. The van der Waals surface area contributed by atoms with Crippen molar-refractivity contribution in [1.29, 1.82) is 0 Å². The van der Waals surface area contributed by atoms with E-state index in [4.69, 9.17) is 23.7 Å². The van der Waals surface area contributed by atoms with Crippen molar-refractivity contribution in [3.05, 3.63) is 65.0 Å². The molecule has 226 valence electrons. The summed E-state index contributed by atoms with van der Waals surface area (Å²) < 4.78 is 29.2. The summed E-state index contributed by atoms with van der Waals surface area (Å²) in [5.74, 6) is 0.196. The van der Waals surface area contributed by atoms with Crippen molar-refractivity contribution in [2.24, 2.45) is 0 Å². The summed E-state index contributed by atoms with van der Waals surface area (Å²) in [6.07, 6.45) is -3.08. The van der Waals surface area contributed by atoms with Crippen LogP contribution in [-0.4, -0.2) is 66.2 Å². The Morgan fingerprint density at radius 3 is 2.19 bits per heavy atom. The molecule has 2 aromatic carbocycles. The van der Waals surface area contributed by atoms with Crippen LogP contribution in [0.5, 0.6) is 5.75 Å². The summed E-state index contributed by atoms with van der Waals surface area (Å²) in [7, 11) is 1.58. The fourth-order valence-electron chi connectivity index (χ4n) is 4.73. The van der Waals surface area contributed by atoms with Crippen molar-refractivity contribution in [3.8, 4) is 5.75 Å². The molecule has 0 N–H and O–H groups in total. The van der Waals surface area contributed by atoms with Crippen molar-refractivity contribution in [2.75, 3.05) is 13.7 Å². The molecule has 0 radical (unpaired) electrons. The Morgan fingerprint density at radius 1 is 0.905 bits per heavy atom. The molecule has 3 aromatic rings. The first-order valence-corrected chi connectivity index (χ1v) is 14.7. The number of carbonyl (C=O) groups excluding carboxylic acids is 3. The zero-order valence-electron chi connectivity index (χ0n) is 25.2. The maximum absolute atomic E-state index is 13.4. The number of rotatable bonds is 7. The Bertz CT molecular complexity index is 1370. The summed E-state index contributed by atoms with van der Waals surface area (Å²) in [6, 6.07) is 16.6. The van der Waals surface area contributed by atoms with Crippen LogP contribution in [0.3, 0.4) is 0 Å². The predicted molar refractivity (Wildman–Crippen MR) is 160 cm³/mol. The highest BCUT2D eigenvalue weighted by Crippen LogP contribution is 2.31. The number of benzene rings is 2. The maximum Gasteiger partial charge on any atom is 0.509 e. The average molecular weight is 598 g/mol. The molecule has 9 nitrogen and oxygen atoms in total. The van der Waals surface area contributed by atoms with Gasteiger partial charge in [-0.3, -0.25) is 9.69 Å². The Balaban J connectivity index is 1.63. The Morgan fingerprint density at radius 2 is 1.57 bits per heavy atom. The lowest BCUT2D eigenvalue weighted by atomic mass is 10.0. The van der Waals surface area contributed by atoms with E-state index >= 15 is 0 Å². The molecule has 0 aliphatic carbocycles. The quantitative estimate of drug-likeness (QED) is 0.223. The van der Waals surface area contributed by atoms with Gasteiger partial charge in [0.25, 0.3) is 0 Å². The van der Waals surface area contributed by atoms with Crippen molar-refractivity contribution < 1.29 is 38.1 Å². The zero-order chi connectivity index (χ0) is 30.7. The van der Waals surface area contributed by atoms with Crippen LogP contribution in [0.1, 0.15) is 52.0 Å². The highest BCUT2D eigenvalue weighted by molar-refractivity contribution is 7.19. The lowest BCUT2D eigenvalue weighted by Gasteiger charge is -2.30. The molecule has 0 bridgehead atoms. The predicted octanol–water partition coefficient (Wildman–Crippen LogP) is 6.55. The average Bonchev–Trinajstić information content (AvgIpc) is 3.43. The molecule has 2 heterocycles.